The summed E-state index contributed by atoms with van der Waals surface area (Å²) in [6.07, 6.45) is 0.452. The van der Waals surface area contributed by atoms with E-state index < -0.39 is 6.04 Å². The van der Waals surface area contributed by atoms with Gasteiger partial charge in [0.1, 0.15) is 5.82 Å². The van der Waals surface area contributed by atoms with Crippen LogP contribution < -0.4 is 10.6 Å². The molecule has 3 rings (SSSR count). The minimum Gasteiger partial charge on any atom is -0.349 e. The number of nitrogens with one attached hydrogen (secondary N) is 2. The Morgan fingerprint density at radius 1 is 1.17 bits per heavy atom. The smallest absolute Gasteiger partial charge is 0.228 e. The van der Waals surface area contributed by atoms with Crippen molar-refractivity contribution in [2.75, 3.05) is 5.32 Å². The van der Waals surface area contributed by atoms with Crippen LogP contribution in [0, 0.1) is 12.7 Å². The first-order valence-electron chi connectivity index (χ1n) is 9.34. The number of hydrogen-bond acceptors (Lipinski definition) is 4. The van der Waals surface area contributed by atoms with E-state index in [1.165, 1.54) is 24.3 Å². The predicted octanol–water partition coefficient (Wildman–Crippen LogP) is 5.04. The van der Waals surface area contributed by atoms with Crippen LogP contribution in [0.4, 0.5) is 9.52 Å². The molecule has 1 heterocycles. The number of thiazole rings is 1. The molecule has 30 heavy (non-hydrogen) atoms. The molecular formula is C22H21ClFN3O2S. The van der Waals surface area contributed by atoms with Gasteiger partial charge in [-0.1, -0.05) is 41.9 Å². The highest BCUT2D eigenvalue weighted by molar-refractivity contribution is 7.15. The van der Waals surface area contributed by atoms with Crippen LogP contribution in [0.2, 0.25) is 5.02 Å². The van der Waals surface area contributed by atoms with Gasteiger partial charge in [0.15, 0.2) is 5.13 Å². The SMILES string of the molecule is CC(=O)NC(CC(=O)Nc1nc(C)c(Cc2ccccc2F)s1)c1ccc(Cl)cc1. The predicted molar refractivity (Wildman–Crippen MR) is 117 cm³/mol. The van der Waals surface area contributed by atoms with Crippen molar-refractivity contribution in [3.8, 4) is 0 Å². The fourth-order valence-electron chi connectivity index (χ4n) is 3.01. The van der Waals surface area contributed by atoms with Crippen molar-refractivity contribution >= 4 is 39.9 Å². The van der Waals surface area contributed by atoms with E-state index >= 15 is 0 Å². The number of carbonyl (C=O) groups excluding carboxylic acids is 2. The number of halogens is 2. The van der Waals surface area contributed by atoms with Crippen LogP contribution in [0.25, 0.3) is 0 Å². The molecule has 0 spiro atoms. The lowest BCUT2D eigenvalue weighted by molar-refractivity contribution is -0.120. The van der Waals surface area contributed by atoms with E-state index in [1.54, 1.807) is 42.5 Å². The summed E-state index contributed by atoms with van der Waals surface area (Å²) in [5.41, 5.74) is 2.10. The van der Waals surface area contributed by atoms with Crippen LogP contribution in [0.15, 0.2) is 48.5 Å². The maximum Gasteiger partial charge on any atom is 0.228 e. The molecule has 1 aromatic heterocycles. The average molecular weight is 446 g/mol. The summed E-state index contributed by atoms with van der Waals surface area (Å²) >= 11 is 7.24. The lowest BCUT2D eigenvalue weighted by Crippen LogP contribution is -2.29. The molecule has 0 aliphatic heterocycles. The minimum atomic E-state index is -0.487. The number of anilines is 1. The van der Waals surface area contributed by atoms with Gasteiger partial charge in [0.05, 0.1) is 18.2 Å². The highest BCUT2D eigenvalue weighted by atomic mass is 35.5. The van der Waals surface area contributed by atoms with Gasteiger partial charge < -0.3 is 10.6 Å². The lowest BCUT2D eigenvalue weighted by atomic mass is 10.0. The van der Waals surface area contributed by atoms with Crippen LogP contribution in [0.1, 0.15) is 41.1 Å². The van der Waals surface area contributed by atoms with E-state index in [4.69, 9.17) is 11.6 Å². The Balaban J connectivity index is 1.69. The number of hydrogen-bond donors (Lipinski definition) is 2. The summed E-state index contributed by atoms with van der Waals surface area (Å²) in [4.78, 5) is 29.4. The Kier molecular flexibility index (Phi) is 7.18. The lowest BCUT2D eigenvalue weighted by Gasteiger charge is -2.17. The van der Waals surface area contributed by atoms with Crippen molar-refractivity contribution in [1.82, 2.24) is 10.3 Å². The van der Waals surface area contributed by atoms with Gasteiger partial charge in [-0.05, 0) is 36.2 Å². The molecule has 0 saturated heterocycles. The molecule has 0 aliphatic rings. The number of carbonyl (C=O) groups is 2. The molecule has 1 unspecified atom stereocenters. The maximum absolute atomic E-state index is 13.9. The highest BCUT2D eigenvalue weighted by Gasteiger charge is 2.19. The molecule has 0 radical (unpaired) electrons. The molecule has 0 saturated carbocycles. The van der Waals surface area contributed by atoms with Crippen LogP contribution in [0.5, 0.6) is 0 Å². The number of aromatic nitrogens is 1. The molecule has 0 bridgehead atoms. The fourth-order valence-corrected chi connectivity index (χ4v) is 4.14. The van der Waals surface area contributed by atoms with Crippen molar-refractivity contribution in [3.63, 3.8) is 0 Å². The zero-order valence-corrected chi connectivity index (χ0v) is 18.1. The van der Waals surface area contributed by atoms with Crippen LogP contribution in [-0.2, 0) is 16.0 Å². The van der Waals surface area contributed by atoms with Crippen molar-refractivity contribution in [3.05, 3.63) is 81.1 Å². The Bertz CT molecular complexity index is 1050. The van der Waals surface area contributed by atoms with E-state index in [0.29, 0.717) is 22.1 Å². The van der Waals surface area contributed by atoms with Crippen molar-refractivity contribution in [2.24, 2.45) is 0 Å². The number of amides is 2. The summed E-state index contributed by atoms with van der Waals surface area (Å²) < 4.78 is 13.9. The largest absolute Gasteiger partial charge is 0.349 e. The first-order valence-corrected chi connectivity index (χ1v) is 10.5. The van der Waals surface area contributed by atoms with Crippen LogP contribution >= 0.6 is 22.9 Å². The molecule has 2 N–H and O–H groups in total. The van der Waals surface area contributed by atoms with E-state index in [9.17, 15) is 14.0 Å². The van der Waals surface area contributed by atoms with Gasteiger partial charge in [0, 0.05) is 23.2 Å². The number of nitrogens with zero attached hydrogens (tertiary/aromatic N) is 1. The molecule has 156 valence electrons. The molecule has 2 amide bonds. The maximum atomic E-state index is 13.9. The third-order valence-electron chi connectivity index (χ3n) is 4.49. The zero-order valence-electron chi connectivity index (χ0n) is 16.5. The molecule has 5 nitrogen and oxygen atoms in total. The summed E-state index contributed by atoms with van der Waals surface area (Å²) in [5, 5.41) is 6.59. The minimum absolute atomic E-state index is 0.0441. The quantitative estimate of drug-likeness (QED) is 0.535. The van der Waals surface area contributed by atoms with Gasteiger partial charge in [-0.3, -0.25) is 9.59 Å². The van der Waals surface area contributed by atoms with Crippen LogP contribution in [-0.4, -0.2) is 16.8 Å². The Morgan fingerprint density at radius 3 is 2.53 bits per heavy atom. The molecule has 2 aromatic carbocycles. The normalized spacial score (nSPS) is 11.7. The van der Waals surface area contributed by atoms with Crippen molar-refractivity contribution in [1.29, 1.82) is 0 Å². The van der Waals surface area contributed by atoms with Crippen LogP contribution in [0.3, 0.4) is 0 Å². The molecular weight excluding hydrogens is 425 g/mol. The average Bonchev–Trinajstić information content (AvgIpc) is 3.02. The van der Waals surface area contributed by atoms with Gasteiger partial charge >= 0.3 is 0 Å². The van der Waals surface area contributed by atoms with Crippen molar-refractivity contribution < 1.29 is 14.0 Å². The third kappa shape index (κ3) is 5.87. The standard InChI is InChI=1S/C22H21ClFN3O2S/c1-13-20(11-16-5-3-4-6-18(16)24)30-22(25-13)27-21(29)12-19(26-14(2)28)15-7-9-17(23)10-8-15/h3-10,19H,11-12H2,1-2H3,(H,26,28)(H,25,27,29). The first kappa shape index (κ1) is 21.9. The molecule has 0 aliphatic carbocycles. The first-order chi connectivity index (χ1) is 14.3. The summed E-state index contributed by atoms with van der Waals surface area (Å²) in [6.45, 7) is 3.23. The Labute approximate surface area is 183 Å². The zero-order chi connectivity index (χ0) is 21.7. The van der Waals surface area contributed by atoms with Gasteiger partial charge in [-0.15, -0.1) is 11.3 Å². The number of benzene rings is 2. The second-order valence-electron chi connectivity index (χ2n) is 6.85. The third-order valence-corrected chi connectivity index (χ3v) is 5.81. The van der Waals surface area contributed by atoms with E-state index in [1.807, 2.05) is 6.92 Å². The van der Waals surface area contributed by atoms with Gasteiger partial charge in [-0.2, -0.15) is 0 Å². The monoisotopic (exact) mass is 445 g/mol. The number of aryl methyl sites for hydroxylation is 1. The molecule has 0 fully saturated rings. The Hall–Kier alpha value is -2.77. The van der Waals surface area contributed by atoms with Gasteiger partial charge in [0.25, 0.3) is 0 Å². The highest BCUT2D eigenvalue weighted by Crippen LogP contribution is 2.27. The second-order valence-corrected chi connectivity index (χ2v) is 8.37. The molecule has 1 atom stereocenters. The topological polar surface area (TPSA) is 71.1 Å². The van der Waals surface area contributed by atoms with E-state index in [-0.39, 0.29) is 24.1 Å². The molecule has 8 heteroatoms. The summed E-state index contributed by atoms with van der Waals surface area (Å²) in [7, 11) is 0. The van der Waals surface area contributed by atoms with Gasteiger partial charge in [0.2, 0.25) is 11.8 Å². The summed E-state index contributed by atoms with van der Waals surface area (Å²) in [5.74, 6) is -0.785. The fraction of sp³-hybridized carbons (Fsp3) is 0.227. The Morgan fingerprint density at radius 2 is 1.87 bits per heavy atom. The number of rotatable bonds is 7. The van der Waals surface area contributed by atoms with Gasteiger partial charge in [-0.25, -0.2) is 9.37 Å². The van der Waals surface area contributed by atoms with Crippen molar-refractivity contribution in [2.45, 2.75) is 32.7 Å². The second kappa shape index (κ2) is 9.82. The van der Waals surface area contributed by atoms with E-state index in [2.05, 4.69) is 15.6 Å². The van der Waals surface area contributed by atoms with E-state index in [0.717, 1.165) is 16.1 Å². The summed E-state index contributed by atoms with van der Waals surface area (Å²) in [6, 6.07) is 13.1. The molecule has 3 aromatic rings.